The second kappa shape index (κ2) is 10.7. The Bertz CT molecular complexity index is 1460. The Hall–Kier alpha value is -4.21. The molecule has 1 aromatic heterocycles. The lowest BCUT2D eigenvalue weighted by Gasteiger charge is -2.34. The summed E-state index contributed by atoms with van der Waals surface area (Å²) in [5.41, 5.74) is 5.09. The largest absolute Gasteiger partial charge is 0.465 e. The Balaban J connectivity index is 1.40. The molecule has 5 rings (SSSR count). The number of carbonyl (C=O) groups excluding carboxylic acids is 3. The molecule has 210 valence electrons. The second-order valence-corrected chi connectivity index (χ2v) is 11.5. The van der Waals surface area contributed by atoms with Crippen LogP contribution >= 0.6 is 0 Å². The van der Waals surface area contributed by atoms with Crippen molar-refractivity contribution in [3.8, 4) is 11.1 Å². The number of hydrogen-bond acceptors (Lipinski definition) is 7. The number of methoxy groups -OCH3 is 1. The van der Waals surface area contributed by atoms with Gasteiger partial charge in [0, 0.05) is 25.2 Å². The lowest BCUT2D eigenvalue weighted by Crippen LogP contribution is -2.50. The van der Waals surface area contributed by atoms with Gasteiger partial charge in [-0.1, -0.05) is 29.4 Å². The summed E-state index contributed by atoms with van der Waals surface area (Å²) >= 11 is 0. The Morgan fingerprint density at radius 3 is 2.65 bits per heavy atom. The Kier molecular flexibility index (Phi) is 7.35. The lowest BCUT2D eigenvalue weighted by molar-refractivity contribution is -0.122. The van der Waals surface area contributed by atoms with Gasteiger partial charge in [-0.05, 0) is 80.5 Å². The number of carbonyl (C=O) groups is 3. The van der Waals surface area contributed by atoms with E-state index in [2.05, 4.69) is 20.8 Å². The summed E-state index contributed by atoms with van der Waals surface area (Å²) in [6.45, 7) is 8.94. The molecule has 3 amide bonds. The van der Waals surface area contributed by atoms with Gasteiger partial charge in [0.25, 0.3) is 0 Å². The molecule has 1 aliphatic carbocycles. The number of fused-ring (bicyclic) bond motifs is 1. The number of ether oxygens (including phenoxy) is 1. The highest BCUT2D eigenvalue weighted by atomic mass is 16.5. The van der Waals surface area contributed by atoms with Crippen molar-refractivity contribution in [2.45, 2.75) is 65.1 Å². The van der Waals surface area contributed by atoms with Crippen molar-refractivity contribution in [2.24, 2.45) is 5.92 Å². The highest BCUT2D eigenvalue weighted by Gasteiger charge is 2.47. The van der Waals surface area contributed by atoms with Crippen molar-refractivity contribution in [1.82, 2.24) is 25.7 Å². The van der Waals surface area contributed by atoms with Crippen molar-refractivity contribution in [3.63, 3.8) is 0 Å². The third-order valence-electron chi connectivity index (χ3n) is 7.31. The van der Waals surface area contributed by atoms with Crippen LogP contribution in [0.15, 0.2) is 40.9 Å². The summed E-state index contributed by atoms with van der Waals surface area (Å²) in [4.78, 5) is 44.3. The Morgan fingerprint density at radius 1 is 1.15 bits per heavy atom. The van der Waals surface area contributed by atoms with E-state index in [-0.39, 0.29) is 29.3 Å². The first-order chi connectivity index (χ1) is 19.0. The van der Waals surface area contributed by atoms with Gasteiger partial charge in [-0.2, -0.15) is 4.98 Å². The molecule has 2 atom stereocenters. The normalized spacial score (nSPS) is 18.1. The van der Waals surface area contributed by atoms with Crippen molar-refractivity contribution >= 4 is 17.9 Å². The van der Waals surface area contributed by atoms with Crippen LogP contribution in [0.3, 0.4) is 0 Å². The monoisotopic (exact) mass is 545 g/mol. The third-order valence-corrected chi connectivity index (χ3v) is 7.31. The number of esters is 1. The van der Waals surface area contributed by atoms with E-state index >= 15 is 0 Å². The summed E-state index contributed by atoms with van der Waals surface area (Å²) in [6, 6.07) is 11.3. The van der Waals surface area contributed by atoms with Crippen LogP contribution in [0.25, 0.3) is 11.1 Å². The molecule has 1 saturated carbocycles. The smallest absolute Gasteiger partial charge is 0.337 e. The number of benzene rings is 2. The molecule has 0 unspecified atom stereocenters. The van der Waals surface area contributed by atoms with E-state index in [1.807, 2.05) is 56.0 Å². The van der Waals surface area contributed by atoms with Crippen LogP contribution < -0.4 is 10.6 Å². The minimum Gasteiger partial charge on any atom is -0.465 e. The Labute approximate surface area is 233 Å². The number of nitrogens with one attached hydrogen (secondary N) is 2. The first kappa shape index (κ1) is 27.4. The topological polar surface area (TPSA) is 127 Å². The molecule has 40 heavy (non-hydrogen) atoms. The summed E-state index contributed by atoms with van der Waals surface area (Å²) in [7, 11) is 1.37. The minimum atomic E-state index is -0.394. The SMILES string of the molecule is COC(=O)c1cccc(-c2ccc(CNC(=O)[C@@H]3C[C@@H]3c3nc(C)no3)c3c2CCN(C(=O)NC(C)(C)C)C3)c1. The molecule has 1 fully saturated rings. The maximum absolute atomic E-state index is 13.1. The number of aromatic nitrogens is 2. The highest BCUT2D eigenvalue weighted by Crippen LogP contribution is 2.46. The molecule has 2 N–H and O–H groups in total. The molecule has 0 bridgehead atoms. The van der Waals surface area contributed by atoms with Crippen molar-refractivity contribution in [2.75, 3.05) is 13.7 Å². The van der Waals surface area contributed by atoms with E-state index in [1.165, 1.54) is 7.11 Å². The zero-order valence-corrected chi connectivity index (χ0v) is 23.5. The van der Waals surface area contributed by atoms with Crippen molar-refractivity contribution in [1.29, 1.82) is 0 Å². The average Bonchev–Trinajstić information content (AvgIpc) is 3.62. The van der Waals surface area contributed by atoms with Gasteiger partial charge in [-0.25, -0.2) is 9.59 Å². The number of nitrogens with zero attached hydrogens (tertiary/aromatic N) is 3. The van der Waals surface area contributed by atoms with E-state index in [0.717, 1.165) is 27.8 Å². The molecule has 10 heteroatoms. The molecule has 2 heterocycles. The fraction of sp³-hybridized carbons (Fsp3) is 0.433. The van der Waals surface area contributed by atoms with Crippen LogP contribution in [-0.4, -0.2) is 52.1 Å². The molecule has 0 saturated heterocycles. The fourth-order valence-corrected chi connectivity index (χ4v) is 5.22. The molecule has 10 nitrogen and oxygen atoms in total. The number of rotatable bonds is 6. The van der Waals surface area contributed by atoms with Crippen molar-refractivity contribution < 1.29 is 23.6 Å². The zero-order chi connectivity index (χ0) is 28.6. The standard InChI is InChI=1S/C30H35N5O5/c1-17-32-27(40-34-17)24-14-23(24)26(36)31-15-20-9-10-21(18-7-6-8-19(13-18)28(37)39-5)22-11-12-35(16-25(20)22)29(38)33-30(2,3)4/h6-10,13,23-24H,11-12,14-16H2,1-5H3,(H,31,36)(H,33,38)/t23-,24+/m1/s1. The number of amides is 3. The molecular formula is C30H35N5O5. The van der Waals surface area contributed by atoms with Crippen molar-refractivity contribution in [3.05, 3.63) is 70.4 Å². The van der Waals surface area contributed by atoms with Gasteiger partial charge < -0.3 is 24.8 Å². The van der Waals surface area contributed by atoms with Crippen LogP contribution in [0.5, 0.6) is 0 Å². The predicted octanol–water partition coefficient (Wildman–Crippen LogP) is 4.12. The summed E-state index contributed by atoms with van der Waals surface area (Å²) in [6.07, 6.45) is 1.33. The quantitative estimate of drug-likeness (QED) is 0.446. The zero-order valence-electron chi connectivity index (χ0n) is 23.5. The van der Waals surface area contributed by atoms with E-state index in [1.54, 1.807) is 13.0 Å². The summed E-state index contributed by atoms with van der Waals surface area (Å²) < 4.78 is 10.2. The molecule has 3 aromatic rings. The number of aryl methyl sites for hydroxylation is 1. The van der Waals surface area contributed by atoms with Crippen LogP contribution in [0, 0.1) is 12.8 Å². The van der Waals surface area contributed by atoms with Gasteiger partial charge in [0.05, 0.1) is 24.5 Å². The van der Waals surface area contributed by atoms with E-state index < -0.39 is 5.97 Å². The van der Waals surface area contributed by atoms with Crippen LogP contribution in [0.2, 0.25) is 0 Å². The van der Waals surface area contributed by atoms with Gasteiger partial charge in [0.15, 0.2) is 5.82 Å². The molecule has 0 radical (unpaired) electrons. The molecule has 2 aliphatic rings. The maximum Gasteiger partial charge on any atom is 0.337 e. The van der Waals surface area contributed by atoms with Crippen LogP contribution in [-0.2, 0) is 29.0 Å². The van der Waals surface area contributed by atoms with Crippen LogP contribution in [0.4, 0.5) is 4.79 Å². The van der Waals surface area contributed by atoms with Gasteiger partial charge in [0.2, 0.25) is 11.8 Å². The predicted molar refractivity (Wildman–Crippen MR) is 147 cm³/mol. The summed E-state index contributed by atoms with van der Waals surface area (Å²) in [5, 5.41) is 9.96. The average molecular weight is 546 g/mol. The minimum absolute atomic E-state index is 0.0452. The third kappa shape index (κ3) is 5.85. The fourth-order valence-electron chi connectivity index (χ4n) is 5.22. The molecule has 1 aliphatic heterocycles. The number of urea groups is 1. The first-order valence-corrected chi connectivity index (χ1v) is 13.5. The van der Waals surface area contributed by atoms with Gasteiger partial charge in [0.1, 0.15) is 0 Å². The molecule has 0 spiro atoms. The second-order valence-electron chi connectivity index (χ2n) is 11.5. The van der Waals surface area contributed by atoms with Crippen LogP contribution in [0.1, 0.15) is 71.9 Å². The van der Waals surface area contributed by atoms with Gasteiger partial charge in [-0.15, -0.1) is 0 Å². The molecular weight excluding hydrogens is 510 g/mol. The first-order valence-electron chi connectivity index (χ1n) is 13.5. The number of hydrogen-bond donors (Lipinski definition) is 2. The highest BCUT2D eigenvalue weighted by molar-refractivity contribution is 5.91. The maximum atomic E-state index is 13.1. The Morgan fingerprint density at radius 2 is 1.95 bits per heavy atom. The van der Waals surface area contributed by atoms with E-state index in [9.17, 15) is 14.4 Å². The van der Waals surface area contributed by atoms with E-state index in [4.69, 9.17) is 9.26 Å². The molecule has 2 aromatic carbocycles. The van der Waals surface area contributed by atoms with Gasteiger partial charge in [-0.3, -0.25) is 4.79 Å². The lowest BCUT2D eigenvalue weighted by atomic mass is 9.87. The summed E-state index contributed by atoms with van der Waals surface area (Å²) in [5.74, 6) is 0.386. The van der Waals surface area contributed by atoms with E-state index in [0.29, 0.717) is 49.8 Å². The van der Waals surface area contributed by atoms with Gasteiger partial charge >= 0.3 is 12.0 Å².